The van der Waals surface area contributed by atoms with Crippen molar-refractivity contribution >= 4 is 54.0 Å². The molecule has 5 aromatic rings. The summed E-state index contributed by atoms with van der Waals surface area (Å²) in [5, 5.41) is 16.0. The van der Waals surface area contributed by atoms with E-state index in [2.05, 4.69) is 66.8 Å². The maximum atomic E-state index is 14.0. The number of anilines is 2. The van der Waals surface area contributed by atoms with Gasteiger partial charge in [-0.05, 0) is 122 Å². The summed E-state index contributed by atoms with van der Waals surface area (Å²) >= 11 is 0. The van der Waals surface area contributed by atoms with Gasteiger partial charge < -0.3 is 19.9 Å². The molecule has 1 spiro atoms. The lowest BCUT2D eigenvalue weighted by Crippen LogP contribution is -2.58. The summed E-state index contributed by atoms with van der Waals surface area (Å²) in [7, 11) is -7.78. The number of hydrogen-bond donors (Lipinski definition) is 3. The Labute approximate surface area is 391 Å². The maximum Gasteiger partial charge on any atom is 0.312 e. The number of ether oxygens (including phenoxy) is 1. The van der Waals surface area contributed by atoms with Crippen LogP contribution in [-0.4, -0.2) is 91.2 Å². The van der Waals surface area contributed by atoms with Crippen LogP contribution in [0.1, 0.15) is 112 Å². The number of H-pyrrole nitrogens is 1. The van der Waals surface area contributed by atoms with E-state index in [1.54, 1.807) is 24.4 Å². The highest BCUT2D eigenvalue weighted by molar-refractivity contribution is 7.91. The number of rotatable bonds is 13. The molecule has 1 atom stereocenters. The normalized spacial score (nSPS) is 22.0. The van der Waals surface area contributed by atoms with E-state index in [0.29, 0.717) is 42.4 Å². The van der Waals surface area contributed by atoms with Crippen LogP contribution in [0.2, 0.25) is 0 Å². The van der Waals surface area contributed by atoms with E-state index in [1.807, 2.05) is 12.1 Å². The number of nitrogens with zero attached hydrogens (tertiary/aromatic N) is 5. The van der Waals surface area contributed by atoms with E-state index in [-0.39, 0.29) is 45.5 Å². The number of hydrogen-bond acceptors (Lipinski definition) is 13. The van der Waals surface area contributed by atoms with Crippen LogP contribution in [0.15, 0.2) is 84.1 Å². The molecular weight excluding hydrogens is 893 g/mol. The van der Waals surface area contributed by atoms with Crippen LogP contribution >= 0.6 is 0 Å². The number of aromatic nitrogens is 3. The topological polar surface area (TPSA) is 210 Å². The number of fused-ring (bicyclic) bond motifs is 1. The summed E-state index contributed by atoms with van der Waals surface area (Å²) in [5.41, 5.74) is 3.78. The number of sulfonamides is 1. The highest BCUT2D eigenvalue weighted by Crippen LogP contribution is 2.54. The van der Waals surface area contributed by atoms with Gasteiger partial charge in [-0.25, -0.2) is 31.5 Å². The second-order valence-corrected chi connectivity index (χ2v) is 24.3. The predicted molar refractivity (Wildman–Crippen MR) is 256 cm³/mol. The standard InChI is InChI=1S/C49H58N8O8S2/c1-48(2)14-11-32(12-15-48)28-51-46-42(57(59)60)25-38(30-53-46)67(63,64)54-47(58)41-10-9-35(24-44(41)65-37-23-34-13-18-50-45(34)52-29-37)55-19-16-49(17-20-55)26-36(27-49)56-21-22-66(61,62)31-43(56)40-6-4-3-5-39(40)33-7-8-33/h3-6,9-10,13,18,23-25,29-30,32-33,36,43H,7-8,11-12,14-17,19-22,26-28,31H2,1-2H3,(H,50,52)(H,51,53)(H,54,58)/t43-/m0/s1. The van der Waals surface area contributed by atoms with Gasteiger partial charge in [-0.15, -0.1) is 0 Å². The quantitative estimate of drug-likeness (QED) is 0.0748. The van der Waals surface area contributed by atoms with Gasteiger partial charge in [0.25, 0.3) is 15.9 Å². The lowest BCUT2D eigenvalue weighted by atomic mass is 9.59. The molecular formula is C49H58N8O8S2. The van der Waals surface area contributed by atoms with E-state index in [1.165, 1.54) is 23.4 Å². The Kier molecular flexibility index (Phi) is 11.8. The van der Waals surface area contributed by atoms with Gasteiger partial charge in [-0.3, -0.25) is 19.8 Å². The fourth-order valence-corrected chi connectivity index (χ4v) is 13.4. The van der Waals surface area contributed by atoms with Gasteiger partial charge in [-0.1, -0.05) is 38.1 Å². The summed E-state index contributed by atoms with van der Waals surface area (Å²) < 4.78 is 61.9. The molecule has 16 nitrogen and oxygen atoms in total. The second-order valence-electron chi connectivity index (χ2n) is 20.4. The average molecular weight is 951 g/mol. The number of benzene rings is 2. The van der Waals surface area contributed by atoms with E-state index >= 15 is 0 Å². The third-order valence-electron chi connectivity index (χ3n) is 15.2. The molecule has 5 fully saturated rings. The third kappa shape index (κ3) is 9.61. The number of piperidine rings is 1. The minimum absolute atomic E-state index is 0.0290. The number of carbonyl (C=O) groups is 1. The van der Waals surface area contributed by atoms with Crippen LogP contribution in [0.25, 0.3) is 11.0 Å². The van der Waals surface area contributed by atoms with Crippen molar-refractivity contribution in [3.8, 4) is 11.5 Å². The lowest BCUT2D eigenvalue weighted by Gasteiger charge is -2.57. The smallest absolute Gasteiger partial charge is 0.312 e. The first-order valence-corrected chi connectivity index (χ1v) is 26.8. The van der Waals surface area contributed by atoms with E-state index in [4.69, 9.17) is 4.74 Å². The molecule has 0 radical (unpaired) electrons. The molecule has 3 aromatic heterocycles. The zero-order chi connectivity index (χ0) is 46.7. The summed E-state index contributed by atoms with van der Waals surface area (Å²) in [5.74, 6) is 0.628. The van der Waals surface area contributed by atoms with Crippen molar-refractivity contribution in [2.24, 2.45) is 16.7 Å². The first-order valence-electron chi connectivity index (χ1n) is 23.5. The molecule has 3 N–H and O–H groups in total. The molecule has 2 aromatic carbocycles. The predicted octanol–water partition coefficient (Wildman–Crippen LogP) is 8.50. The molecule has 2 aliphatic heterocycles. The summed E-state index contributed by atoms with van der Waals surface area (Å²) in [6, 6.07) is 18.2. The highest BCUT2D eigenvalue weighted by atomic mass is 32.2. The van der Waals surface area contributed by atoms with Crippen LogP contribution in [0.5, 0.6) is 11.5 Å². The lowest BCUT2D eigenvalue weighted by molar-refractivity contribution is -0.384. The van der Waals surface area contributed by atoms with E-state index in [0.717, 1.165) is 101 Å². The first-order chi connectivity index (χ1) is 32.0. The monoisotopic (exact) mass is 950 g/mol. The molecule has 354 valence electrons. The Morgan fingerprint density at radius 3 is 2.42 bits per heavy atom. The number of sulfone groups is 1. The Morgan fingerprint density at radius 1 is 0.940 bits per heavy atom. The number of pyridine rings is 2. The first kappa shape index (κ1) is 45.2. The Bertz CT molecular complexity index is 2930. The van der Waals surface area contributed by atoms with Crippen LogP contribution in [0, 0.1) is 26.9 Å². The second kappa shape index (κ2) is 17.5. The number of aromatic amines is 1. The minimum Gasteiger partial charge on any atom is -0.455 e. The van der Waals surface area contributed by atoms with Crippen LogP contribution in [0.3, 0.4) is 0 Å². The molecule has 67 heavy (non-hydrogen) atoms. The Morgan fingerprint density at radius 2 is 1.69 bits per heavy atom. The minimum atomic E-state index is -4.63. The van der Waals surface area contributed by atoms with Crippen molar-refractivity contribution in [2.45, 2.75) is 101 Å². The molecule has 3 saturated carbocycles. The van der Waals surface area contributed by atoms with E-state index < -0.39 is 41.3 Å². The van der Waals surface area contributed by atoms with Crippen molar-refractivity contribution in [2.75, 3.05) is 47.9 Å². The van der Waals surface area contributed by atoms with Crippen molar-refractivity contribution in [1.29, 1.82) is 0 Å². The summed E-state index contributed by atoms with van der Waals surface area (Å²) in [4.78, 5) is 41.3. The summed E-state index contributed by atoms with van der Waals surface area (Å²) in [6.07, 6.45) is 14.6. The molecule has 10 rings (SSSR count). The molecule has 0 bridgehead atoms. The van der Waals surface area contributed by atoms with Gasteiger partial charge in [0.15, 0.2) is 9.84 Å². The average Bonchev–Trinajstić information content (AvgIpc) is 4.04. The molecule has 5 heterocycles. The number of carbonyl (C=O) groups excluding carboxylic acids is 1. The van der Waals surface area contributed by atoms with Gasteiger partial charge in [-0.2, -0.15) is 0 Å². The van der Waals surface area contributed by atoms with Crippen LogP contribution in [-0.2, 0) is 19.9 Å². The molecule has 3 aliphatic carbocycles. The van der Waals surface area contributed by atoms with Crippen LogP contribution in [0.4, 0.5) is 17.2 Å². The Balaban J connectivity index is 0.840. The zero-order valence-electron chi connectivity index (χ0n) is 37.9. The zero-order valence-corrected chi connectivity index (χ0v) is 39.6. The highest BCUT2D eigenvalue weighted by Gasteiger charge is 2.51. The van der Waals surface area contributed by atoms with Gasteiger partial charge >= 0.3 is 5.69 Å². The van der Waals surface area contributed by atoms with Crippen molar-refractivity contribution in [3.63, 3.8) is 0 Å². The fourth-order valence-electron chi connectivity index (χ4n) is 11.0. The SMILES string of the molecule is CC1(C)CCC(CNc2ncc(S(=O)(=O)NC(=O)c3ccc(N4CCC5(CC4)CC(N4CCS(=O)(=O)C[C@H]4c4ccccc4C4CC4)C5)cc3Oc3cnc4[nH]ccc4c3)cc2[N+](=O)[O-])CC1. The third-order valence-corrected chi connectivity index (χ3v) is 18.2. The largest absolute Gasteiger partial charge is 0.455 e. The number of amides is 1. The van der Waals surface area contributed by atoms with Gasteiger partial charge in [0, 0.05) is 67.7 Å². The van der Waals surface area contributed by atoms with Gasteiger partial charge in [0.1, 0.15) is 22.0 Å². The number of nitro groups is 1. The molecule has 1 amide bonds. The Hall–Kier alpha value is -5.59. The molecule has 0 unspecified atom stereocenters. The maximum absolute atomic E-state index is 14.0. The van der Waals surface area contributed by atoms with Gasteiger partial charge in [0.05, 0.1) is 34.4 Å². The number of nitrogens with one attached hydrogen (secondary N) is 3. The van der Waals surface area contributed by atoms with Crippen molar-refractivity contribution in [3.05, 3.63) is 106 Å². The van der Waals surface area contributed by atoms with Crippen LogP contribution < -0.4 is 19.7 Å². The van der Waals surface area contributed by atoms with Gasteiger partial charge in [0.2, 0.25) is 5.82 Å². The van der Waals surface area contributed by atoms with Crippen molar-refractivity contribution in [1.82, 2.24) is 24.6 Å². The fraction of sp³-hybridized carbons (Fsp3) is 0.490. The van der Waals surface area contributed by atoms with Crippen molar-refractivity contribution < 1.29 is 31.3 Å². The summed E-state index contributed by atoms with van der Waals surface area (Å²) in [6.45, 7) is 7.00. The molecule has 18 heteroatoms. The molecule has 5 aliphatic rings. The molecule has 2 saturated heterocycles. The van der Waals surface area contributed by atoms with E-state index in [9.17, 15) is 31.7 Å².